The van der Waals surface area contributed by atoms with Gasteiger partial charge in [0, 0.05) is 11.8 Å². The fourth-order valence-electron chi connectivity index (χ4n) is 2.48. The molecule has 0 saturated heterocycles. The van der Waals surface area contributed by atoms with Gasteiger partial charge in [-0.15, -0.1) is 0 Å². The Morgan fingerprint density at radius 2 is 1.70 bits per heavy atom. The van der Waals surface area contributed by atoms with Gasteiger partial charge in [0.1, 0.15) is 5.69 Å². The fraction of sp³-hybridized carbons (Fsp3) is 0. The van der Waals surface area contributed by atoms with E-state index < -0.39 is 0 Å². The zero-order valence-electron chi connectivity index (χ0n) is 12.1. The Hall–Kier alpha value is -3.34. The summed E-state index contributed by atoms with van der Waals surface area (Å²) in [4.78, 5) is 20.6. The molecule has 2 heterocycles. The number of hydrogen-bond donors (Lipinski definition) is 1. The summed E-state index contributed by atoms with van der Waals surface area (Å²) < 4.78 is 0. The number of fused-ring (bicyclic) bond motifs is 1. The average Bonchev–Trinajstić information content (AvgIpc) is 2.62. The van der Waals surface area contributed by atoms with Crippen LogP contribution < -0.4 is 5.56 Å². The van der Waals surface area contributed by atoms with Crippen molar-refractivity contribution >= 4 is 10.8 Å². The summed E-state index contributed by atoms with van der Waals surface area (Å²) in [5.41, 5.74) is 1.25. The van der Waals surface area contributed by atoms with Crippen molar-refractivity contribution in [1.29, 1.82) is 0 Å². The van der Waals surface area contributed by atoms with Gasteiger partial charge in [-0.1, -0.05) is 42.5 Å². The molecular weight excluding hydrogens is 288 g/mol. The largest absolute Gasteiger partial charge is 0.300 e. The Kier molecular flexibility index (Phi) is 3.16. The van der Waals surface area contributed by atoms with Crippen LogP contribution in [-0.4, -0.2) is 20.2 Å². The van der Waals surface area contributed by atoms with Gasteiger partial charge in [-0.05, 0) is 29.0 Å². The minimum Gasteiger partial charge on any atom is -0.265 e. The molecule has 0 radical (unpaired) electrons. The molecular formula is C18H12N4O. The molecule has 4 aromatic rings. The summed E-state index contributed by atoms with van der Waals surface area (Å²) in [6.07, 6.45) is 1.65. The predicted octanol–water partition coefficient (Wildman–Crippen LogP) is 3.05. The van der Waals surface area contributed by atoms with E-state index in [9.17, 15) is 4.79 Å². The zero-order chi connectivity index (χ0) is 15.6. The molecule has 5 nitrogen and oxygen atoms in total. The number of nitrogens with one attached hydrogen (secondary N) is 1. The number of pyridine rings is 1. The molecule has 0 aliphatic heterocycles. The molecule has 0 saturated carbocycles. The molecule has 4 rings (SSSR count). The summed E-state index contributed by atoms with van der Waals surface area (Å²) in [6.45, 7) is 0. The zero-order valence-corrected chi connectivity index (χ0v) is 12.1. The van der Waals surface area contributed by atoms with Crippen molar-refractivity contribution in [1.82, 2.24) is 20.2 Å². The van der Waals surface area contributed by atoms with Crippen LogP contribution in [0.15, 0.2) is 71.7 Å². The lowest BCUT2D eigenvalue weighted by molar-refractivity contribution is 0.954. The van der Waals surface area contributed by atoms with Crippen molar-refractivity contribution in [2.75, 3.05) is 0 Å². The highest BCUT2D eigenvalue weighted by atomic mass is 16.1. The number of H-pyrrole nitrogens is 1. The second-order valence-electron chi connectivity index (χ2n) is 5.11. The van der Waals surface area contributed by atoms with E-state index >= 15 is 0 Å². The first-order valence-corrected chi connectivity index (χ1v) is 7.18. The standard InChI is InChI=1S/C18H12N4O/c23-18-16(14-9-8-12-5-1-2-6-13(12)11-14)21-22-17(20-18)15-7-3-4-10-19-15/h1-11H,(H,20,22,23). The number of benzene rings is 2. The van der Waals surface area contributed by atoms with Crippen LogP contribution in [0.1, 0.15) is 0 Å². The summed E-state index contributed by atoms with van der Waals surface area (Å²) in [7, 11) is 0. The lowest BCUT2D eigenvalue weighted by atomic mass is 10.1. The van der Waals surface area contributed by atoms with Gasteiger partial charge in [-0.2, -0.15) is 10.1 Å². The maximum Gasteiger partial charge on any atom is 0.300 e. The van der Waals surface area contributed by atoms with Crippen LogP contribution in [0, 0.1) is 0 Å². The smallest absolute Gasteiger partial charge is 0.265 e. The van der Waals surface area contributed by atoms with Crippen LogP contribution in [0.2, 0.25) is 0 Å². The van der Waals surface area contributed by atoms with E-state index in [1.54, 1.807) is 18.3 Å². The Morgan fingerprint density at radius 3 is 2.48 bits per heavy atom. The van der Waals surface area contributed by atoms with Crippen molar-refractivity contribution in [2.24, 2.45) is 0 Å². The van der Waals surface area contributed by atoms with E-state index in [1.807, 2.05) is 48.5 Å². The van der Waals surface area contributed by atoms with Crippen molar-refractivity contribution in [2.45, 2.75) is 0 Å². The minimum atomic E-state index is -0.375. The van der Waals surface area contributed by atoms with Crippen molar-refractivity contribution in [3.05, 3.63) is 77.2 Å². The highest BCUT2D eigenvalue weighted by molar-refractivity contribution is 5.86. The molecule has 0 spiro atoms. The number of aromatic amines is 1. The van der Waals surface area contributed by atoms with Gasteiger partial charge in [-0.25, -0.2) is 0 Å². The van der Waals surface area contributed by atoms with Crippen LogP contribution in [0.3, 0.4) is 0 Å². The lowest BCUT2D eigenvalue weighted by Crippen LogP contribution is -2.14. The SMILES string of the molecule is O=c1nc(-c2ccccn2)[nH]nc1-c1ccc2ccccc2c1. The fourth-order valence-corrected chi connectivity index (χ4v) is 2.48. The Balaban J connectivity index is 1.81. The second kappa shape index (κ2) is 5.46. The molecule has 2 aromatic carbocycles. The van der Waals surface area contributed by atoms with Gasteiger partial charge < -0.3 is 0 Å². The number of nitrogens with zero attached hydrogens (tertiary/aromatic N) is 3. The maximum atomic E-state index is 12.3. The van der Waals surface area contributed by atoms with E-state index in [4.69, 9.17) is 0 Å². The maximum absolute atomic E-state index is 12.3. The molecule has 5 heteroatoms. The van der Waals surface area contributed by atoms with E-state index in [1.165, 1.54) is 0 Å². The molecule has 0 bridgehead atoms. The summed E-state index contributed by atoms with van der Waals surface area (Å²) in [5.74, 6) is 0.361. The van der Waals surface area contributed by atoms with Crippen LogP contribution >= 0.6 is 0 Å². The van der Waals surface area contributed by atoms with Gasteiger partial charge in [0.2, 0.25) is 0 Å². The number of hydrogen-bond acceptors (Lipinski definition) is 4. The predicted molar refractivity (Wildman–Crippen MR) is 88.8 cm³/mol. The van der Waals surface area contributed by atoms with Crippen LogP contribution in [0.5, 0.6) is 0 Å². The topological polar surface area (TPSA) is 71.5 Å². The molecule has 1 N–H and O–H groups in total. The second-order valence-corrected chi connectivity index (χ2v) is 5.11. The molecule has 110 valence electrons. The highest BCUT2D eigenvalue weighted by Crippen LogP contribution is 2.21. The average molecular weight is 300 g/mol. The van der Waals surface area contributed by atoms with E-state index in [-0.39, 0.29) is 5.56 Å². The molecule has 23 heavy (non-hydrogen) atoms. The third-order valence-corrected chi connectivity index (χ3v) is 3.62. The Morgan fingerprint density at radius 1 is 0.870 bits per heavy atom. The summed E-state index contributed by atoms with van der Waals surface area (Å²) in [6, 6.07) is 19.2. The van der Waals surface area contributed by atoms with Crippen LogP contribution in [0.25, 0.3) is 33.5 Å². The van der Waals surface area contributed by atoms with E-state index in [2.05, 4.69) is 20.2 Å². The molecule has 0 atom stereocenters. The molecule has 2 aromatic heterocycles. The third kappa shape index (κ3) is 2.48. The first kappa shape index (κ1) is 13.3. The summed E-state index contributed by atoms with van der Waals surface area (Å²) in [5, 5.41) is 9.18. The molecule has 0 fully saturated rings. The van der Waals surface area contributed by atoms with Gasteiger partial charge in [-0.3, -0.25) is 14.9 Å². The number of rotatable bonds is 2. The monoisotopic (exact) mass is 300 g/mol. The van der Waals surface area contributed by atoms with Gasteiger partial charge >= 0.3 is 0 Å². The first-order chi connectivity index (χ1) is 11.3. The molecule has 0 aliphatic carbocycles. The van der Waals surface area contributed by atoms with Crippen LogP contribution in [-0.2, 0) is 0 Å². The van der Waals surface area contributed by atoms with Crippen molar-refractivity contribution < 1.29 is 0 Å². The van der Waals surface area contributed by atoms with Gasteiger partial charge in [0.25, 0.3) is 5.56 Å². The number of aromatic nitrogens is 4. The summed E-state index contributed by atoms with van der Waals surface area (Å²) >= 11 is 0. The van der Waals surface area contributed by atoms with E-state index in [0.29, 0.717) is 17.2 Å². The molecule has 0 aliphatic rings. The molecule has 0 unspecified atom stereocenters. The Bertz CT molecular complexity index is 1040. The third-order valence-electron chi connectivity index (χ3n) is 3.62. The normalized spacial score (nSPS) is 10.8. The van der Waals surface area contributed by atoms with Crippen molar-refractivity contribution in [3.8, 4) is 22.8 Å². The van der Waals surface area contributed by atoms with Crippen molar-refractivity contribution in [3.63, 3.8) is 0 Å². The lowest BCUT2D eigenvalue weighted by Gasteiger charge is -2.04. The van der Waals surface area contributed by atoms with Gasteiger partial charge in [0.05, 0.1) is 0 Å². The minimum absolute atomic E-state index is 0.301. The van der Waals surface area contributed by atoms with Crippen LogP contribution in [0.4, 0.5) is 0 Å². The first-order valence-electron chi connectivity index (χ1n) is 7.18. The Labute approximate surface area is 131 Å². The molecule has 0 amide bonds. The quantitative estimate of drug-likeness (QED) is 0.617. The van der Waals surface area contributed by atoms with E-state index in [0.717, 1.165) is 16.3 Å². The highest BCUT2D eigenvalue weighted by Gasteiger charge is 2.10. The van der Waals surface area contributed by atoms with Gasteiger partial charge in [0.15, 0.2) is 11.5 Å².